The Kier molecular flexibility index (Phi) is 1.41. The van der Waals surface area contributed by atoms with Gasteiger partial charge in [-0.3, -0.25) is 0 Å². The first-order chi connectivity index (χ1) is 1.73. The van der Waals surface area contributed by atoms with Crippen LogP contribution in [0.25, 0.3) is 0 Å². The van der Waals surface area contributed by atoms with Crippen LogP contribution in [0.3, 0.4) is 0 Å². The van der Waals surface area contributed by atoms with Crippen LogP contribution in [-0.2, 0) is 4.57 Å². The van der Waals surface area contributed by atoms with Crippen LogP contribution < -0.4 is 5.50 Å². The van der Waals surface area contributed by atoms with Gasteiger partial charge in [0.25, 0.3) is 0 Å². The Morgan fingerprint density at radius 2 is 2.00 bits per heavy atom. The minimum Gasteiger partial charge on any atom is -0.122 e. The third-order valence-corrected chi connectivity index (χ3v) is 0. The van der Waals surface area contributed by atoms with Gasteiger partial charge in [0.1, 0.15) is 0 Å². The van der Waals surface area contributed by atoms with Crippen LogP contribution >= 0.6 is 7.95 Å². The molecule has 3 heteroatoms. The molecule has 0 rings (SSSR count). The number of nitrogens with two attached hydrogens (primary N) is 1. The predicted molar refractivity (Wildman–Crippen MR) is 17.7 cm³/mol. The fourth-order valence-electron chi connectivity index (χ4n) is 0. The molecule has 0 heterocycles. The Labute approximate surface area is 25.8 Å². The molecule has 0 aromatic carbocycles. The van der Waals surface area contributed by atoms with E-state index >= 15 is 0 Å². The van der Waals surface area contributed by atoms with E-state index in [0.717, 1.165) is 0 Å². The third kappa shape index (κ3) is 643. The SMILES string of the molecule is C[P+](N)=O. The second-order valence-electron chi connectivity index (χ2n) is 0.546. The van der Waals surface area contributed by atoms with E-state index in [2.05, 4.69) is 5.50 Å². The Morgan fingerprint density at radius 1 is 2.00 bits per heavy atom. The highest BCUT2D eigenvalue weighted by atomic mass is 31.1. The molecule has 0 amide bonds. The largest absolute Gasteiger partial charge is 0.426 e. The zero-order valence-corrected chi connectivity index (χ0v) is 3.33. The smallest absolute Gasteiger partial charge is 0.122 e. The molecular formula is CH5NOP+. The average Bonchev–Trinajstić information content (AvgIpc) is 0.811. The summed E-state index contributed by atoms with van der Waals surface area (Å²) < 4.78 is 9.37. The normalized spacial score (nSPS) is 11.0. The van der Waals surface area contributed by atoms with Crippen molar-refractivity contribution in [2.45, 2.75) is 0 Å². The quantitative estimate of drug-likeness (QED) is 0.424. The fraction of sp³-hybridized carbons (Fsp3) is 1.00. The maximum absolute atomic E-state index is 9.37. The highest BCUT2D eigenvalue weighted by molar-refractivity contribution is 7.40. The Morgan fingerprint density at radius 3 is 2.00 bits per heavy atom. The molecule has 0 aromatic heterocycles. The highest BCUT2D eigenvalue weighted by Crippen LogP contribution is 1.92. The number of rotatable bonds is 0. The monoisotopic (exact) mass is 78.0 g/mol. The zero-order valence-electron chi connectivity index (χ0n) is 2.43. The van der Waals surface area contributed by atoms with Crippen LogP contribution in [0.2, 0.25) is 0 Å². The molecule has 0 aromatic rings. The first-order valence-electron chi connectivity index (χ1n) is 0.888. The second-order valence-corrected chi connectivity index (χ2v) is 1.64. The van der Waals surface area contributed by atoms with Crippen molar-refractivity contribution in [1.82, 2.24) is 0 Å². The summed E-state index contributed by atoms with van der Waals surface area (Å²) >= 11 is 0. The highest BCUT2D eigenvalue weighted by Gasteiger charge is 1.81. The summed E-state index contributed by atoms with van der Waals surface area (Å²) in [5.74, 6) is 0. The summed E-state index contributed by atoms with van der Waals surface area (Å²) in [5, 5.41) is 0. The van der Waals surface area contributed by atoms with Crippen molar-refractivity contribution in [3.05, 3.63) is 0 Å². The van der Waals surface area contributed by atoms with Gasteiger partial charge >= 0.3 is 7.95 Å². The van der Waals surface area contributed by atoms with E-state index in [0.29, 0.717) is 0 Å². The molecule has 4 heavy (non-hydrogen) atoms. The summed E-state index contributed by atoms with van der Waals surface area (Å²) in [6, 6.07) is 0. The molecule has 0 saturated heterocycles. The van der Waals surface area contributed by atoms with Gasteiger partial charge < -0.3 is 0 Å². The second kappa shape index (κ2) is 1.39. The lowest BCUT2D eigenvalue weighted by atomic mass is 12.0. The fourth-order valence-corrected chi connectivity index (χ4v) is 0. The van der Waals surface area contributed by atoms with Crippen LogP contribution in [0.5, 0.6) is 0 Å². The Hall–Kier alpha value is 0.0600. The van der Waals surface area contributed by atoms with E-state index in [1.54, 1.807) is 0 Å². The van der Waals surface area contributed by atoms with Crippen molar-refractivity contribution < 1.29 is 4.57 Å². The van der Waals surface area contributed by atoms with Crippen molar-refractivity contribution >= 4 is 7.95 Å². The van der Waals surface area contributed by atoms with E-state index in [-0.39, 0.29) is 0 Å². The summed E-state index contributed by atoms with van der Waals surface area (Å²) in [6.45, 7) is 1.45. The molecular weight excluding hydrogens is 73.0 g/mol. The van der Waals surface area contributed by atoms with Crippen molar-refractivity contribution in [3.63, 3.8) is 0 Å². The first-order valence-corrected chi connectivity index (χ1v) is 2.66. The van der Waals surface area contributed by atoms with Gasteiger partial charge in [-0.1, -0.05) is 4.57 Å². The van der Waals surface area contributed by atoms with E-state index in [9.17, 15) is 4.57 Å². The van der Waals surface area contributed by atoms with E-state index in [1.165, 1.54) is 6.66 Å². The number of hydrogen-bond acceptors (Lipinski definition) is 1. The molecule has 0 aliphatic carbocycles. The number of hydrogen-bond donors (Lipinski definition) is 1. The van der Waals surface area contributed by atoms with Gasteiger partial charge in [-0.05, 0) is 0 Å². The molecule has 0 fully saturated rings. The third-order valence-electron chi connectivity index (χ3n) is 0. The van der Waals surface area contributed by atoms with Gasteiger partial charge in [0.05, 0.1) is 0 Å². The van der Waals surface area contributed by atoms with E-state index in [1.807, 2.05) is 0 Å². The van der Waals surface area contributed by atoms with Crippen molar-refractivity contribution in [3.8, 4) is 0 Å². The van der Waals surface area contributed by atoms with E-state index in [4.69, 9.17) is 0 Å². The van der Waals surface area contributed by atoms with Gasteiger partial charge in [0.2, 0.25) is 0 Å². The van der Waals surface area contributed by atoms with Gasteiger partial charge in [-0.15, -0.1) is 5.50 Å². The Bertz CT molecular complexity index is 31.0. The molecule has 0 bridgehead atoms. The lowest BCUT2D eigenvalue weighted by molar-refractivity contribution is 0.592. The van der Waals surface area contributed by atoms with E-state index < -0.39 is 7.95 Å². The van der Waals surface area contributed by atoms with Crippen molar-refractivity contribution in [2.75, 3.05) is 6.66 Å². The van der Waals surface area contributed by atoms with Gasteiger partial charge in [-0.25, -0.2) is 0 Å². The maximum Gasteiger partial charge on any atom is 0.426 e. The van der Waals surface area contributed by atoms with Crippen LogP contribution in [0.1, 0.15) is 0 Å². The van der Waals surface area contributed by atoms with Crippen LogP contribution in [0.15, 0.2) is 0 Å². The molecule has 0 radical (unpaired) electrons. The minimum atomic E-state index is -1.37. The predicted octanol–water partition coefficient (Wildman–Crippen LogP) is 0.317. The molecule has 1 atom stereocenters. The maximum atomic E-state index is 9.37. The lowest BCUT2D eigenvalue weighted by Gasteiger charge is -1.39. The Balaban J connectivity index is 2.80. The van der Waals surface area contributed by atoms with Gasteiger partial charge in [0, 0.05) is 0 Å². The summed E-state index contributed by atoms with van der Waals surface area (Å²) in [7, 11) is -1.37. The zero-order chi connectivity index (χ0) is 3.58. The lowest BCUT2D eigenvalue weighted by Crippen LogP contribution is -1.67. The first kappa shape index (κ1) is 4.06. The standard InChI is InChI=1S/CH5NOP/c1-4(2)3/h1H3,(H2,2,3)/q+1. The van der Waals surface area contributed by atoms with Crippen LogP contribution in [-0.4, -0.2) is 6.66 Å². The molecule has 0 aliphatic heterocycles. The average molecular weight is 78.0 g/mol. The summed E-state index contributed by atoms with van der Waals surface area (Å²) in [6.07, 6.45) is 0. The van der Waals surface area contributed by atoms with Crippen molar-refractivity contribution in [2.24, 2.45) is 5.50 Å². The minimum absolute atomic E-state index is 1.37. The molecule has 2 nitrogen and oxygen atoms in total. The molecule has 0 spiro atoms. The summed E-state index contributed by atoms with van der Waals surface area (Å²) in [5.41, 5.74) is 4.62. The summed E-state index contributed by atoms with van der Waals surface area (Å²) in [4.78, 5) is 0. The van der Waals surface area contributed by atoms with Crippen molar-refractivity contribution in [1.29, 1.82) is 0 Å². The van der Waals surface area contributed by atoms with Crippen LogP contribution in [0.4, 0.5) is 0 Å². The molecule has 24 valence electrons. The van der Waals surface area contributed by atoms with Crippen LogP contribution in [0, 0.1) is 0 Å². The molecule has 0 aliphatic rings. The molecule has 0 saturated carbocycles. The van der Waals surface area contributed by atoms with Gasteiger partial charge in [0.15, 0.2) is 6.66 Å². The molecule has 2 N–H and O–H groups in total. The van der Waals surface area contributed by atoms with Gasteiger partial charge in [-0.2, -0.15) is 0 Å². The molecule has 1 unspecified atom stereocenters. The topological polar surface area (TPSA) is 43.1 Å².